The summed E-state index contributed by atoms with van der Waals surface area (Å²) in [6, 6.07) is 0. The van der Waals surface area contributed by atoms with Crippen LogP contribution in [0.2, 0.25) is 0 Å². The van der Waals surface area contributed by atoms with E-state index in [-0.39, 0.29) is 12.0 Å². The summed E-state index contributed by atoms with van der Waals surface area (Å²) in [6.45, 7) is 0.510. The van der Waals surface area contributed by atoms with E-state index in [0.717, 1.165) is 19.3 Å². The minimum Gasteiger partial charge on any atom is -0.469 e. The Bertz CT molecular complexity index is 305. The lowest BCUT2D eigenvalue weighted by Gasteiger charge is -2.13. The predicted octanol–water partition coefficient (Wildman–Crippen LogP) is 0.660. The van der Waals surface area contributed by atoms with Gasteiger partial charge < -0.3 is 15.6 Å². The molecule has 1 aliphatic rings. The van der Waals surface area contributed by atoms with E-state index < -0.39 is 0 Å². The summed E-state index contributed by atoms with van der Waals surface area (Å²) in [5.41, 5.74) is 5.41. The molecule has 14 heavy (non-hydrogen) atoms. The molecule has 78 valence electrons. The first-order valence-electron chi connectivity index (χ1n) is 4.65. The molecule has 0 spiro atoms. The summed E-state index contributed by atoms with van der Waals surface area (Å²) < 4.78 is 5.39. The van der Waals surface area contributed by atoms with Crippen molar-refractivity contribution in [1.82, 2.24) is 10.2 Å². The van der Waals surface area contributed by atoms with Crippen LogP contribution in [-0.4, -0.2) is 28.0 Å². The number of nitrogens with two attached hydrogens (primary N) is 1. The van der Waals surface area contributed by atoms with Crippen molar-refractivity contribution in [2.45, 2.75) is 25.4 Å². The van der Waals surface area contributed by atoms with Crippen LogP contribution in [0.25, 0.3) is 0 Å². The number of nitrogens with zero attached hydrogens (tertiary/aromatic N) is 2. The first-order chi connectivity index (χ1) is 6.75. The van der Waals surface area contributed by atoms with E-state index in [0.29, 0.717) is 16.9 Å². The van der Waals surface area contributed by atoms with Crippen LogP contribution in [0.15, 0.2) is 0 Å². The molecule has 0 saturated heterocycles. The second-order valence-corrected chi connectivity index (χ2v) is 4.45. The van der Waals surface area contributed by atoms with E-state index in [1.165, 1.54) is 11.3 Å². The fraction of sp³-hybridized carbons (Fsp3) is 0.750. The van der Waals surface area contributed by atoms with Crippen LogP contribution in [0.4, 0.5) is 5.13 Å². The molecule has 1 aromatic heterocycles. The van der Waals surface area contributed by atoms with Crippen LogP contribution in [0.3, 0.4) is 0 Å². The van der Waals surface area contributed by atoms with Crippen molar-refractivity contribution in [1.29, 1.82) is 0 Å². The smallest absolute Gasteiger partial charge is 0.295 e. The molecule has 6 heteroatoms. The second-order valence-electron chi connectivity index (χ2n) is 3.48. The molecule has 1 aliphatic carbocycles. The van der Waals surface area contributed by atoms with Crippen LogP contribution in [0.1, 0.15) is 19.3 Å². The van der Waals surface area contributed by atoms with Gasteiger partial charge in [0, 0.05) is 5.92 Å². The molecular weight excluding hydrogens is 202 g/mol. The molecule has 0 aliphatic heterocycles. The Labute approximate surface area is 85.9 Å². The molecule has 2 atom stereocenters. The van der Waals surface area contributed by atoms with E-state index in [1.807, 2.05) is 0 Å². The zero-order chi connectivity index (χ0) is 9.97. The van der Waals surface area contributed by atoms with Crippen molar-refractivity contribution < 1.29 is 9.84 Å². The number of hydrogen-bond donors (Lipinski definition) is 2. The van der Waals surface area contributed by atoms with E-state index in [9.17, 15) is 5.11 Å². The van der Waals surface area contributed by atoms with Gasteiger partial charge in [0.05, 0.1) is 12.7 Å². The molecule has 2 rings (SSSR count). The second kappa shape index (κ2) is 4.10. The van der Waals surface area contributed by atoms with Crippen LogP contribution in [-0.2, 0) is 0 Å². The summed E-state index contributed by atoms with van der Waals surface area (Å²) in [6.07, 6.45) is 2.76. The van der Waals surface area contributed by atoms with E-state index >= 15 is 0 Å². The summed E-state index contributed by atoms with van der Waals surface area (Å²) in [7, 11) is 0. The Balaban J connectivity index is 1.82. The maximum Gasteiger partial charge on any atom is 0.295 e. The van der Waals surface area contributed by atoms with Crippen LogP contribution in [0.5, 0.6) is 5.19 Å². The van der Waals surface area contributed by atoms with Gasteiger partial charge in [-0.1, -0.05) is 11.5 Å². The highest BCUT2D eigenvalue weighted by Crippen LogP contribution is 2.27. The minimum absolute atomic E-state index is 0.222. The average Bonchev–Trinajstić information content (AvgIpc) is 2.72. The molecule has 5 nitrogen and oxygen atoms in total. The highest BCUT2D eigenvalue weighted by molar-refractivity contribution is 7.16. The Morgan fingerprint density at radius 1 is 1.50 bits per heavy atom. The SMILES string of the molecule is Nc1nnc(OC[C@H]2CCC[C@H]2O)s1. The predicted molar refractivity (Wildman–Crippen MR) is 53.2 cm³/mol. The fourth-order valence-electron chi connectivity index (χ4n) is 1.67. The summed E-state index contributed by atoms with van der Waals surface area (Å²) >= 11 is 1.22. The monoisotopic (exact) mass is 215 g/mol. The molecular formula is C8H13N3O2S. The highest BCUT2D eigenvalue weighted by Gasteiger charge is 2.25. The summed E-state index contributed by atoms with van der Waals surface area (Å²) in [5.74, 6) is 0.236. The van der Waals surface area contributed by atoms with Gasteiger partial charge >= 0.3 is 0 Å². The zero-order valence-electron chi connectivity index (χ0n) is 7.72. The topological polar surface area (TPSA) is 81.3 Å². The highest BCUT2D eigenvalue weighted by atomic mass is 32.1. The molecule has 0 unspecified atom stereocenters. The van der Waals surface area contributed by atoms with Gasteiger partial charge in [0.25, 0.3) is 5.19 Å². The molecule has 1 saturated carbocycles. The third-order valence-corrected chi connectivity index (χ3v) is 3.13. The Morgan fingerprint density at radius 2 is 2.36 bits per heavy atom. The van der Waals surface area contributed by atoms with Crippen LogP contribution in [0, 0.1) is 5.92 Å². The van der Waals surface area contributed by atoms with Crippen molar-refractivity contribution in [3.63, 3.8) is 0 Å². The molecule has 0 bridgehead atoms. The van der Waals surface area contributed by atoms with E-state index in [4.69, 9.17) is 10.5 Å². The Kier molecular flexibility index (Phi) is 2.83. The lowest BCUT2D eigenvalue weighted by atomic mass is 10.1. The van der Waals surface area contributed by atoms with Crippen molar-refractivity contribution in [2.75, 3.05) is 12.3 Å². The number of aliphatic hydroxyl groups is 1. The third-order valence-electron chi connectivity index (χ3n) is 2.46. The van der Waals surface area contributed by atoms with Gasteiger partial charge in [-0.15, -0.1) is 5.10 Å². The normalized spacial score (nSPS) is 26.6. The van der Waals surface area contributed by atoms with Crippen LogP contribution >= 0.6 is 11.3 Å². The van der Waals surface area contributed by atoms with Gasteiger partial charge in [-0.05, 0) is 24.2 Å². The standard InChI is InChI=1S/C8H13N3O2S/c9-7-10-11-8(14-7)13-4-5-2-1-3-6(5)12/h5-6,12H,1-4H2,(H2,9,10)/t5-,6-/m1/s1. The number of nitrogen functional groups attached to an aromatic ring is 1. The minimum atomic E-state index is -0.222. The maximum atomic E-state index is 9.53. The van der Waals surface area contributed by atoms with Gasteiger partial charge in [-0.3, -0.25) is 0 Å². The summed E-state index contributed by atoms with van der Waals surface area (Å²) in [5, 5.41) is 17.8. The molecule has 1 aromatic rings. The molecule has 0 aromatic carbocycles. The number of aliphatic hydroxyl groups excluding tert-OH is 1. The number of aromatic nitrogens is 2. The molecule has 1 heterocycles. The lowest BCUT2D eigenvalue weighted by molar-refractivity contribution is 0.0982. The van der Waals surface area contributed by atoms with Gasteiger partial charge in [-0.2, -0.15) is 0 Å². The van der Waals surface area contributed by atoms with Crippen molar-refractivity contribution in [3.8, 4) is 5.19 Å². The fourth-order valence-corrected chi connectivity index (χ4v) is 2.14. The lowest BCUT2D eigenvalue weighted by Crippen LogP contribution is -2.20. The van der Waals surface area contributed by atoms with Crippen molar-refractivity contribution in [3.05, 3.63) is 0 Å². The number of ether oxygens (including phenoxy) is 1. The van der Waals surface area contributed by atoms with Crippen molar-refractivity contribution >= 4 is 16.5 Å². The van der Waals surface area contributed by atoms with E-state index in [2.05, 4.69) is 10.2 Å². The molecule has 0 radical (unpaired) electrons. The molecule has 1 fully saturated rings. The molecule has 0 amide bonds. The van der Waals surface area contributed by atoms with Crippen molar-refractivity contribution in [2.24, 2.45) is 5.92 Å². The summed E-state index contributed by atoms with van der Waals surface area (Å²) in [4.78, 5) is 0. The van der Waals surface area contributed by atoms with Gasteiger partial charge in [-0.25, -0.2) is 0 Å². The third kappa shape index (κ3) is 2.13. The van der Waals surface area contributed by atoms with E-state index in [1.54, 1.807) is 0 Å². The Morgan fingerprint density at radius 3 is 2.93 bits per heavy atom. The van der Waals surface area contributed by atoms with Gasteiger partial charge in [0.15, 0.2) is 0 Å². The quantitative estimate of drug-likeness (QED) is 0.774. The zero-order valence-corrected chi connectivity index (χ0v) is 8.54. The first-order valence-corrected chi connectivity index (χ1v) is 5.47. The van der Waals surface area contributed by atoms with Gasteiger partial charge in [0.1, 0.15) is 0 Å². The number of hydrogen-bond acceptors (Lipinski definition) is 6. The largest absolute Gasteiger partial charge is 0.469 e. The molecule has 3 N–H and O–H groups in total. The first kappa shape index (κ1) is 9.67. The van der Waals surface area contributed by atoms with Gasteiger partial charge in [0.2, 0.25) is 5.13 Å². The number of anilines is 1. The number of rotatable bonds is 3. The maximum absolute atomic E-state index is 9.53. The van der Waals surface area contributed by atoms with Crippen LogP contribution < -0.4 is 10.5 Å². The average molecular weight is 215 g/mol. The Hall–Kier alpha value is -0.880.